The smallest absolute Gasteiger partial charge is 0.306 e. The lowest BCUT2D eigenvalue weighted by Gasteiger charge is -2.19. The number of rotatable bonds is 5. The summed E-state index contributed by atoms with van der Waals surface area (Å²) in [5.41, 5.74) is 6.20. The van der Waals surface area contributed by atoms with Gasteiger partial charge >= 0.3 is 5.92 Å². The SMILES string of the molecule is NCc1cccc(Br)c1OCC(F)(F)c1ccccc1. The summed E-state index contributed by atoms with van der Waals surface area (Å²) in [6, 6.07) is 12.9. The Balaban J connectivity index is 2.17. The molecule has 0 heterocycles. The minimum absolute atomic E-state index is 0.0682. The topological polar surface area (TPSA) is 35.2 Å². The summed E-state index contributed by atoms with van der Waals surface area (Å²) in [4.78, 5) is 0. The van der Waals surface area contributed by atoms with E-state index in [0.717, 1.165) is 0 Å². The molecule has 0 spiro atoms. The van der Waals surface area contributed by atoms with E-state index in [-0.39, 0.29) is 12.1 Å². The van der Waals surface area contributed by atoms with Crippen LogP contribution in [0.4, 0.5) is 8.78 Å². The summed E-state index contributed by atoms with van der Waals surface area (Å²) in [5, 5.41) is 0. The number of halogens is 3. The molecule has 0 aliphatic heterocycles. The van der Waals surface area contributed by atoms with Gasteiger partial charge in [-0.1, -0.05) is 42.5 Å². The Morgan fingerprint density at radius 2 is 1.75 bits per heavy atom. The van der Waals surface area contributed by atoms with Crippen LogP contribution >= 0.6 is 15.9 Å². The van der Waals surface area contributed by atoms with Crippen LogP contribution in [0.2, 0.25) is 0 Å². The lowest BCUT2D eigenvalue weighted by Crippen LogP contribution is -2.23. The van der Waals surface area contributed by atoms with Crippen molar-refractivity contribution in [2.24, 2.45) is 5.73 Å². The Morgan fingerprint density at radius 1 is 1.05 bits per heavy atom. The second-order valence-corrected chi connectivity index (χ2v) is 5.15. The molecule has 2 nitrogen and oxygen atoms in total. The first-order valence-electron chi connectivity index (χ1n) is 6.08. The summed E-state index contributed by atoms with van der Waals surface area (Å²) < 4.78 is 34.0. The third kappa shape index (κ3) is 3.35. The Labute approximate surface area is 124 Å². The van der Waals surface area contributed by atoms with Crippen LogP contribution in [0.15, 0.2) is 53.0 Å². The molecular weight excluding hydrogens is 328 g/mol. The van der Waals surface area contributed by atoms with Gasteiger partial charge in [0.25, 0.3) is 0 Å². The highest BCUT2D eigenvalue weighted by molar-refractivity contribution is 9.10. The van der Waals surface area contributed by atoms with Gasteiger partial charge in [0.2, 0.25) is 0 Å². The standard InChI is InChI=1S/C15H14BrF2NO/c16-13-8-4-5-11(9-19)14(13)20-10-15(17,18)12-6-2-1-3-7-12/h1-8H,9-10,19H2. The molecule has 5 heteroatoms. The highest BCUT2D eigenvalue weighted by Gasteiger charge is 2.32. The molecule has 0 amide bonds. The van der Waals surface area contributed by atoms with Gasteiger partial charge in [0, 0.05) is 17.7 Å². The third-order valence-electron chi connectivity index (χ3n) is 2.86. The van der Waals surface area contributed by atoms with Gasteiger partial charge in [-0.15, -0.1) is 0 Å². The van der Waals surface area contributed by atoms with E-state index in [4.69, 9.17) is 10.5 Å². The highest BCUT2D eigenvalue weighted by atomic mass is 79.9. The molecule has 2 aromatic carbocycles. The molecule has 2 N–H and O–H groups in total. The number of alkyl halides is 2. The fourth-order valence-corrected chi connectivity index (χ4v) is 2.33. The van der Waals surface area contributed by atoms with Crippen LogP contribution in [0.1, 0.15) is 11.1 Å². The first-order chi connectivity index (χ1) is 9.54. The van der Waals surface area contributed by atoms with Crippen molar-refractivity contribution >= 4 is 15.9 Å². The molecule has 2 aromatic rings. The van der Waals surface area contributed by atoms with Crippen molar-refractivity contribution in [3.63, 3.8) is 0 Å². The molecule has 0 aliphatic rings. The molecule has 0 atom stereocenters. The zero-order chi connectivity index (χ0) is 14.6. The van der Waals surface area contributed by atoms with E-state index >= 15 is 0 Å². The normalized spacial score (nSPS) is 11.4. The molecule has 2 rings (SSSR count). The first kappa shape index (κ1) is 14.9. The first-order valence-corrected chi connectivity index (χ1v) is 6.87. The second-order valence-electron chi connectivity index (χ2n) is 4.29. The Bertz CT molecular complexity index is 575. The zero-order valence-electron chi connectivity index (χ0n) is 10.7. The zero-order valence-corrected chi connectivity index (χ0v) is 12.2. The second kappa shape index (κ2) is 6.33. The van der Waals surface area contributed by atoms with Crippen LogP contribution in [-0.2, 0) is 12.5 Å². The molecule has 0 saturated carbocycles. The fourth-order valence-electron chi connectivity index (χ4n) is 1.80. The molecule has 0 aromatic heterocycles. The van der Waals surface area contributed by atoms with Crippen LogP contribution in [0, 0.1) is 0 Å². The van der Waals surface area contributed by atoms with Crippen LogP contribution in [0.3, 0.4) is 0 Å². The molecule has 0 radical (unpaired) electrons. The number of hydrogen-bond acceptors (Lipinski definition) is 2. The van der Waals surface area contributed by atoms with Crippen LogP contribution in [-0.4, -0.2) is 6.61 Å². The molecule has 0 saturated heterocycles. The Hall–Kier alpha value is -1.46. The molecule has 20 heavy (non-hydrogen) atoms. The molecule has 106 valence electrons. The summed E-state index contributed by atoms with van der Waals surface area (Å²) in [6.45, 7) is -0.502. The molecule has 0 bridgehead atoms. The van der Waals surface area contributed by atoms with Crippen LogP contribution in [0.25, 0.3) is 0 Å². The van der Waals surface area contributed by atoms with Gasteiger partial charge < -0.3 is 10.5 Å². The van der Waals surface area contributed by atoms with Gasteiger partial charge in [-0.05, 0) is 22.0 Å². The molecule has 0 unspecified atom stereocenters. The summed E-state index contributed by atoms with van der Waals surface area (Å²) in [7, 11) is 0. The van der Waals surface area contributed by atoms with Crippen molar-refractivity contribution in [3.05, 3.63) is 64.1 Å². The third-order valence-corrected chi connectivity index (χ3v) is 3.49. The minimum atomic E-state index is -3.05. The van der Waals surface area contributed by atoms with Gasteiger partial charge in [-0.25, -0.2) is 0 Å². The van der Waals surface area contributed by atoms with E-state index in [1.807, 2.05) is 0 Å². The monoisotopic (exact) mass is 341 g/mol. The fraction of sp³-hybridized carbons (Fsp3) is 0.200. The van der Waals surface area contributed by atoms with E-state index in [1.165, 1.54) is 12.1 Å². The number of para-hydroxylation sites is 1. The number of nitrogens with two attached hydrogens (primary N) is 1. The Kier molecular flexibility index (Phi) is 4.73. The molecule has 0 fully saturated rings. The van der Waals surface area contributed by atoms with Gasteiger partial charge in [0.1, 0.15) is 5.75 Å². The van der Waals surface area contributed by atoms with Gasteiger partial charge in [-0.3, -0.25) is 0 Å². The average Bonchev–Trinajstić information content (AvgIpc) is 2.46. The number of hydrogen-bond donors (Lipinski definition) is 1. The van der Waals surface area contributed by atoms with Crippen molar-refractivity contribution < 1.29 is 13.5 Å². The van der Waals surface area contributed by atoms with Crippen molar-refractivity contribution in [2.75, 3.05) is 6.61 Å². The van der Waals surface area contributed by atoms with E-state index in [1.54, 1.807) is 36.4 Å². The summed E-state index contributed by atoms with van der Waals surface area (Å²) in [5.74, 6) is -2.69. The lowest BCUT2D eigenvalue weighted by molar-refractivity contribution is -0.0471. The predicted molar refractivity (Wildman–Crippen MR) is 77.9 cm³/mol. The van der Waals surface area contributed by atoms with Crippen LogP contribution < -0.4 is 10.5 Å². The quantitative estimate of drug-likeness (QED) is 0.889. The molecular formula is C15H14BrF2NO. The largest absolute Gasteiger partial charge is 0.485 e. The van der Waals surface area contributed by atoms with E-state index < -0.39 is 12.5 Å². The van der Waals surface area contributed by atoms with Gasteiger partial charge in [0.15, 0.2) is 6.61 Å². The van der Waals surface area contributed by atoms with Crippen molar-refractivity contribution in [3.8, 4) is 5.75 Å². The maximum absolute atomic E-state index is 14.0. The van der Waals surface area contributed by atoms with Crippen molar-refractivity contribution in [2.45, 2.75) is 12.5 Å². The number of benzene rings is 2. The average molecular weight is 342 g/mol. The maximum Gasteiger partial charge on any atom is 0.306 e. The lowest BCUT2D eigenvalue weighted by atomic mass is 10.1. The predicted octanol–water partition coefficient (Wildman–Crippen LogP) is 4.08. The summed E-state index contributed by atoms with van der Waals surface area (Å²) >= 11 is 3.29. The Morgan fingerprint density at radius 3 is 2.40 bits per heavy atom. The van der Waals surface area contributed by atoms with Crippen molar-refractivity contribution in [1.82, 2.24) is 0 Å². The highest BCUT2D eigenvalue weighted by Crippen LogP contribution is 2.33. The van der Waals surface area contributed by atoms with E-state index in [2.05, 4.69) is 15.9 Å². The van der Waals surface area contributed by atoms with Gasteiger partial charge in [-0.2, -0.15) is 8.78 Å². The van der Waals surface area contributed by atoms with Crippen molar-refractivity contribution in [1.29, 1.82) is 0 Å². The summed E-state index contributed by atoms with van der Waals surface area (Å²) in [6.07, 6.45) is 0. The minimum Gasteiger partial charge on any atom is -0.485 e. The van der Waals surface area contributed by atoms with E-state index in [0.29, 0.717) is 15.8 Å². The van der Waals surface area contributed by atoms with Gasteiger partial charge in [0.05, 0.1) is 4.47 Å². The van der Waals surface area contributed by atoms with E-state index in [9.17, 15) is 8.78 Å². The maximum atomic E-state index is 14.0. The van der Waals surface area contributed by atoms with Crippen LogP contribution in [0.5, 0.6) is 5.75 Å². The molecule has 0 aliphatic carbocycles. The number of ether oxygens (including phenoxy) is 1.